The fraction of sp³-hybridized carbons (Fsp3) is 0.409. The van der Waals surface area contributed by atoms with E-state index in [4.69, 9.17) is 4.43 Å². The molecule has 26 heavy (non-hydrogen) atoms. The van der Waals surface area contributed by atoms with Crippen LogP contribution in [0.5, 0.6) is 0 Å². The maximum atomic E-state index is 10.2. The Balaban J connectivity index is 1.94. The molecule has 136 valence electrons. The number of hydrogen-bond donors (Lipinski definition) is 1. The van der Waals surface area contributed by atoms with Crippen LogP contribution in [0.3, 0.4) is 0 Å². The summed E-state index contributed by atoms with van der Waals surface area (Å²) in [4.78, 5) is 0. The van der Waals surface area contributed by atoms with Crippen LogP contribution in [0.25, 0.3) is 0 Å². The van der Waals surface area contributed by atoms with Crippen molar-refractivity contribution in [2.24, 2.45) is 0 Å². The molecule has 0 aromatic heterocycles. The van der Waals surface area contributed by atoms with Crippen LogP contribution in [0.15, 0.2) is 54.6 Å². The molecule has 0 spiro atoms. The fourth-order valence-corrected chi connectivity index (χ4v) is 4.34. The SMILES string of the molecule is C[Si](C)(C)OC[C@H](N[C@]1(C#N)CCCc2ccccc21)c1ccccc1. The third-order valence-corrected chi connectivity index (χ3v) is 6.00. The van der Waals surface area contributed by atoms with E-state index in [0.717, 1.165) is 24.8 Å². The molecule has 0 heterocycles. The van der Waals surface area contributed by atoms with Gasteiger partial charge in [0.25, 0.3) is 0 Å². The van der Waals surface area contributed by atoms with Crippen molar-refractivity contribution in [2.45, 2.75) is 50.5 Å². The molecule has 2 atom stereocenters. The molecular formula is C22H28N2OSi. The number of aryl methyl sites for hydroxylation is 1. The molecule has 0 fully saturated rings. The molecule has 0 amide bonds. The van der Waals surface area contributed by atoms with Crippen LogP contribution in [-0.4, -0.2) is 14.9 Å². The summed E-state index contributed by atoms with van der Waals surface area (Å²) < 4.78 is 6.23. The Morgan fingerprint density at radius 1 is 1.12 bits per heavy atom. The van der Waals surface area contributed by atoms with Crippen LogP contribution in [0.1, 0.15) is 35.6 Å². The Morgan fingerprint density at radius 2 is 1.81 bits per heavy atom. The minimum Gasteiger partial charge on any atom is -0.416 e. The van der Waals surface area contributed by atoms with Crippen molar-refractivity contribution in [2.75, 3.05) is 6.61 Å². The molecule has 0 unspecified atom stereocenters. The Kier molecular flexibility index (Phi) is 5.62. The van der Waals surface area contributed by atoms with Crippen LogP contribution in [0, 0.1) is 11.3 Å². The van der Waals surface area contributed by atoms with E-state index in [1.807, 2.05) is 24.3 Å². The van der Waals surface area contributed by atoms with Crippen molar-refractivity contribution in [3.63, 3.8) is 0 Å². The lowest BCUT2D eigenvalue weighted by Crippen LogP contribution is -2.47. The number of benzene rings is 2. The number of nitrogens with one attached hydrogen (secondary N) is 1. The van der Waals surface area contributed by atoms with Gasteiger partial charge in [0.15, 0.2) is 8.32 Å². The summed E-state index contributed by atoms with van der Waals surface area (Å²) in [6.45, 7) is 7.19. The van der Waals surface area contributed by atoms with Crippen molar-refractivity contribution in [1.29, 1.82) is 5.26 Å². The first-order chi connectivity index (χ1) is 12.4. The van der Waals surface area contributed by atoms with Gasteiger partial charge in [0.2, 0.25) is 0 Å². The highest BCUT2D eigenvalue weighted by Crippen LogP contribution is 2.37. The van der Waals surface area contributed by atoms with Crippen LogP contribution in [-0.2, 0) is 16.4 Å². The minimum absolute atomic E-state index is 0.00580. The molecule has 1 aliphatic carbocycles. The smallest absolute Gasteiger partial charge is 0.183 e. The zero-order chi connectivity index (χ0) is 18.6. The summed E-state index contributed by atoms with van der Waals surface area (Å²) >= 11 is 0. The first-order valence-corrected chi connectivity index (χ1v) is 12.8. The van der Waals surface area contributed by atoms with Gasteiger partial charge in [-0.05, 0) is 55.6 Å². The molecule has 0 saturated heterocycles. The predicted molar refractivity (Wildman–Crippen MR) is 108 cm³/mol. The van der Waals surface area contributed by atoms with Crippen molar-refractivity contribution in [3.8, 4) is 6.07 Å². The Hall–Kier alpha value is -1.93. The summed E-state index contributed by atoms with van der Waals surface area (Å²) in [6, 6.07) is 21.3. The van der Waals surface area contributed by atoms with Gasteiger partial charge in [-0.1, -0.05) is 54.6 Å². The van der Waals surface area contributed by atoms with Crippen LogP contribution < -0.4 is 5.32 Å². The van der Waals surface area contributed by atoms with E-state index in [1.54, 1.807) is 0 Å². The van der Waals surface area contributed by atoms with E-state index < -0.39 is 13.9 Å². The van der Waals surface area contributed by atoms with Gasteiger partial charge in [0.1, 0.15) is 5.54 Å². The van der Waals surface area contributed by atoms with Gasteiger partial charge in [-0.15, -0.1) is 0 Å². The van der Waals surface area contributed by atoms with Crippen LogP contribution in [0.4, 0.5) is 0 Å². The second-order valence-corrected chi connectivity index (χ2v) is 12.6. The van der Waals surface area contributed by atoms with Crippen LogP contribution >= 0.6 is 0 Å². The van der Waals surface area contributed by atoms with E-state index in [-0.39, 0.29) is 6.04 Å². The molecule has 2 aromatic rings. The van der Waals surface area contributed by atoms with Gasteiger partial charge in [-0.25, -0.2) is 0 Å². The minimum atomic E-state index is -1.65. The van der Waals surface area contributed by atoms with Gasteiger partial charge in [-0.3, -0.25) is 5.32 Å². The third-order valence-electron chi connectivity index (χ3n) is 4.97. The summed E-state index contributed by atoms with van der Waals surface area (Å²) in [6.07, 6.45) is 2.90. The summed E-state index contributed by atoms with van der Waals surface area (Å²) in [7, 11) is -1.65. The maximum Gasteiger partial charge on any atom is 0.183 e. The second-order valence-electron chi connectivity index (χ2n) is 8.06. The number of nitriles is 1. The first kappa shape index (κ1) is 18.8. The highest BCUT2D eigenvalue weighted by molar-refractivity contribution is 6.69. The van der Waals surface area contributed by atoms with Crippen molar-refractivity contribution in [1.82, 2.24) is 5.32 Å². The second kappa shape index (κ2) is 7.75. The Labute approximate surface area is 158 Å². The van der Waals surface area contributed by atoms with Crippen molar-refractivity contribution >= 4 is 8.32 Å². The molecule has 0 aliphatic heterocycles. The molecule has 0 saturated carbocycles. The van der Waals surface area contributed by atoms with E-state index in [0.29, 0.717) is 6.61 Å². The highest BCUT2D eigenvalue weighted by atomic mass is 28.4. The van der Waals surface area contributed by atoms with Gasteiger partial charge in [-0.2, -0.15) is 5.26 Å². The zero-order valence-electron chi connectivity index (χ0n) is 16.0. The monoisotopic (exact) mass is 364 g/mol. The van der Waals surface area contributed by atoms with E-state index in [2.05, 4.69) is 61.4 Å². The predicted octanol–water partition coefficient (Wildman–Crippen LogP) is 4.92. The summed E-state index contributed by atoms with van der Waals surface area (Å²) in [5.74, 6) is 0. The lowest BCUT2D eigenvalue weighted by atomic mass is 9.76. The highest BCUT2D eigenvalue weighted by Gasteiger charge is 2.38. The van der Waals surface area contributed by atoms with E-state index >= 15 is 0 Å². The van der Waals surface area contributed by atoms with Gasteiger partial charge in [0, 0.05) is 0 Å². The Bertz CT molecular complexity index is 779. The quantitative estimate of drug-likeness (QED) is 0.740. The van der Waals surface area contributed by atoms with E-state index in [1.165, 1.54) is 11.1 Å². The lowest BCUT2D eigenvalue weighted by Gasteiger charge is -2.38. The molecule has 0 bridgehead atoms. The molecule has 2 aromatic carbocycles. The topological polar surface area (TPSA) is 45.0 Å². The van der Waals surface area contributed by atoms with E-state index in [9.17, 15) is 5.26 Å². The molecule has 3 rings (SSSR count). The average molecular weight is 365 g/mol. The summed E-state index contributed by atoms with van der Waals surface area (Å²) in [5, 5.41) is 13.9. The number of rotatable bonds is 6. The third kappa shape index (κ3) is 4.24. The number of fused-ring (bicyclic) bond motifs is 1. The maximum absolute atomic E-state index is 10.2. The fourth-order valence-electron chi connectivity index (χ4n) is 3.67. The Morgan fingerprint density at radius 3 is 2.50 bits per heavy atom. The molecule has 1 N–H and O–H groups in total. The largest absolute Gasteiger partial charge is 0.416 e. The van der Waals surface area contributed by atoms with Gasteiger partial charge in [0.05, 0.1) is 18.7 Å². The number of nitrogens with zero attached hydrogens (tertiary/aromatic N) is 1. The first-order valence-electron chi connectivity index (χ1n) is 9.40. The molecule has 3 nitrogen and oxygen atoms in total. The lowest BCUT2D eigenvalue weighted by molar-refractivity contribution is 0.220. The molecule has 0 radical (unpaired) electrons. The average Bonchev–Trinajstić information content (AvgIpc) is 2.65. The molecule has 1 aliphatic rings. The van der Waals surface area contributed by atoms with Crippen molar-refractivity contribution < 1.29 is 4.43 Å². The summed E-state index contributed by atoms with van der Waals surface area (Å²) in [5.41, 5.74) is 2.93. The zero-order valence-corrected chi connectivity index (χ0v) is 17.0. The molecule has 4 heteroatoms. The standard InChI is InChI=1S/C22H28N2OSi/c1-26(2,3)25-16-21(19-11-5-4-6-12-19)24-22(17-23)15-9-13-18-10-7-8-14-20(18)22/h4-8,10-12,14,21,24H,9,13,15-16H2,1-3H3/t21-,22-/m0/s1. The molecular weight excluding hydrogens is 336 g/mol. The van der Waals surface area contributed by atoms with Gasteiger partial charge < -0.3 is 4.43 Å². The normalized spacial score (nSPS) is 20.8. The van der Waals surface area contributed by atoms with Crippen LogP contribution in [0.2, 0.25) is 19.6 Å². The van der Waals surface area contributed by atoms with Crippen molar-refractivity contribution in [3.05, 3.63) is 71.3 Å². The number of hydrogen-bond acceptors (Lipinski definition) is 3. The van der Waals surface area contributed by atoms with Gasteiger partial charge >= 0.3 is 0 Å².